The molecule has 4 heteroatoms. The molecule has 3 unspecified atom stereocenters. The van der Waals surface area contributed by atoms with Crippen molar-refractivity contribution in [1.29, 1.82) is 5.41 Å². The second-order valence-corrected chi connectivity index (χ2v) is 7.66. The maximum Gasteiger partial charge on any atom is 0.119 e. The monoisotopic (exact) mass is 400 g/mol. The topological polar surface area (TPSA) is 56.5 Å². The number of fused-ring (bicyclic) bond motifs is 1. The minimum atomic E-state index is -0.252. The van der Waals surface area contributed by atoms with Gasteiger partial charge in [-0.15, -0.1) is 0 Å². The van der Waals surface area contributed by atoms with E-state index >= 15 is 0 Å². The van der Waals surface area contributed by atoms with Crippen molar-refractivity contribution in [2.75, 3.05) is 20.7 Å². The molecule has 0 fully saturated rings. The highest BCUT2D eigenvalue weighted by molar-refractivity contribution is 6.03. The van der Waals surface area contributed by atoms with Crippen molar-refractivity contribution in [3.8, 4) is 5.75 Å². The van der Waals surface area contributed by atoms with Crippen LogP contribution in [0.5, 0.6) is 5.75 Å². The predicted molar refractivity (Wildman–Crippen MR) is 125 cm³/mol. The third-order valence-electron chi connectivity index (χ3n) is 5.52. The van der Waals surface area contributed by atoms with E-state index in [0.717, 1.165) is 47.9 Å². The van der Waals surface area contributed by atoms with Gasteiger partial charge in [0.15, 0.2) is 0 Å². The Morgan fingerprint density at radius 3 is 2.28 bits per heavy atom. The normalized spacial score (nSPS) is 14.1. The first-order valence-corrected chi connectivity index (χ1v) is 10.9. The van der Waals surface area contributed by atoms with Gasteiger partial charge in [-0.05, 0) is 74.7 Å². The van der Waals surface area contributed by atoms with Crippen LogP contribution in [0.3, 0.4) is 0 Å². The number of aliphatic hydroxyl groups is 1. The van der Waals surface area contributed by atoms with Gasteiger partial charge >= 0.3 is 0 Å². The molecule has 0 saturated carbocycles. The minimum absolute atomic E-state index is 0.194. The van der Waals surface area contributed by atoms with Gasteiger partial charge < -0.3 is 20.2 Å². The van der Waals surface area contributed by atoms with Crippen molar-refractivity contribution in [1.82, 2.24) is 4.90 Å². The molecule has 0 bridgehead atoms. The Hall–Kier alpha value is -1.91. The van der Waals surface area contributed by atoms with Gasteiger partial charge in [-0.2, -0.15) is 0 Å². The summed E-state index contributed by atoms with van der Waals surface area (Å²) in [7, 11) is 3.80. The average molecular weight is 401 g/mol. The van der Waals surface area contributed by atoms with Gasteiger partial charge in [-0.3, -0.25) is 0 Å². The van der Waals surface area contributed by atoms with Crippen LogP contribution in [0.2, 0.25) is 0 Å². The number of hydrogen-bond acceptors (Lipinski definition) is 4. The zero-order valence-electron chi connectivity index (χ0n) is 19.3. The maximum absolute atomic E-state index is 9.51. The number of aliphatic hydroxyl groups excluding tert-OH is 1. The van der Waals surface area contributed by atoms with Crippen molar-refractivity contribution in [3.05, 3.63) is 42.0 Å². The molecule has 2 aromatic rings. The van der Waals surface area contributed by atoms with E-state index in [-0.39, 0.29) is 12.0 Å². The van der Waals surface area contributed by atoms with Crippen molar-refractivity contribution < 1.29 is 9.84 Å². The molecule has 0 aliphatic heterocycles. The molecular weight excluding hydrogens is 360 g/mol. The highest BCUT2D eigenvalue weighted by Crippen LogP contribution is 2.24. The molecule has 0 aliphatic rings. The highest BCUT2D eigenvalue weighted by Gasteiger charge is 2.20. The molecule has 162 valence electrons. The number of methoxy groups -OCH3 is 1. The fraction of sp³-hybridized carbons (Fsp3) is 0.560. The largest absolute Gasteiger partial charge is 0.497 e. The van der Waals surface area contributed by atoms with Crippen LogP contribution in [0.1, 0.15) is 59.4 Å². The lowest BCUT2D eigenvalue weighted by Gasteiger charge is -2.29. The molecule has 0 saturated heterocycles. The summed E-state index contributed by atoms with van der Waals surface area (Å²) >= 11 is 0. The van der Waals surface area contributed by atoms with Crippen molar-refractivity contribution in [2.24, 2.45) is 5.92 Å². The van der Waals surface area contributed by atoms with Gasteiger partial charge in [-0.25, -0.2) is 0 Å². The molecular formula is C25H40N2O2. The van der Waals surface area contributed by atoms with Gasteiger partial charge in [0.1, 0.15) is 5.75 Å². The summed E-state index contributed by atoms with van der Waals surface area (Å²) in [6.45, 7) is 11.0. The van der Waals surface area contributed by atoms with Crippen LogP contribution in [0.15, 0.2) is 36.4 Å². The first kappa shape index (κ1) is 25.1. The van der Waals surface area contributed by atoms with Crippen molar-refractivity contribution in [3.63, 3.8) is 0 Å². The lowest BCUT2D eigenvalue weighted by Crippen LogP contribution is -2.36. The number of ether oxygens (including phenoxy) is 1. The lowest BCUT2D eigenvalue weighted by molar-refractivity contribution is 0.155. The van der Waals surface area contributed by atoms with Crippen LogP contribution in [-0.4, -0.2) is 48.6 Å². The van der Waals surface area contributed by atoms with E-state index in [1.54, 1.807) is 7.11 Å². The molecule has 2 N–H and O–H groups in total. The summed E-state index contributed by atoms with van der Waals surface area (Å²) in [4.78, 5) is 2.32. The van der Waals surface area contributed by atoms with Gasteiger partial charge in [0.05, 0.1) is 13.2 Å². The summed E-state index contributed by atoms with van der Waals surface area (Å²) in [5.41, 5.74) is 1.69. The van der Waals surface area contributed by atoms with E-state index in [4.69, 9.17) is 10.1 Å². The van der Waals surface area contributed by atoms with Crippen LogP contribution in [0.4, 0.5) is 0 Å². The number of nitrogens with one attached hydrogen (secondary N) is 1. The molecule has 0 amide bonds. The molecule has 2 rings (SSSR count). The Balaban J connectivity index is 0.00000204. The van der Waals surface area contributed by atoms with Gasteiger partial charge in [0.25, 0.3) is 0 Å². The van der Waals surface area contributed by atoms with Crippen LogP contribution >= 0.6 is 0 Å². The Morgan fingerprint density at radius 1 is 1.07 bits per heavy atom. The summed E-state index contributed by atoms with van der Waals surface area (Å²) < 4.78 is 5.29. The first-order valence-electron chi connectivity index (χ1n) is 10.9. The molecule has 0 spiro atoms. The van der Waals surface area contributed by atoms with E-state index < -0.39 is 0 Å². The fourth-order valence-electron chi connectivity index (χ4n) is 3.41. The van der Waals surface area contributed by atoms with Crippen LogP contribution in [-0.2, 0) is 0 Å². The molecule has 0 radical (unpaired) electrons. The summed E-state index contributed by atoms with van der Waals surface area (Å²) in [6.07, 6.45) is 2.47. The number of benzene rings is 2. The number of nitrogens with zero attached hydrogens (tertiary/aromatic N) is 1. The highest BCUT2D eigenvalue weighted by atomic mass is 16.5. The number of hydrogen-bond donors (Lipinski definition) is 2. The SMILES string of the molecule is CC.CCC(CN(C)C(C)CCC(C)O)C(=N)c1ccc2cc(OC)ccc2c1. The van der Waals surface area contributed by atoms with E-state index in [1.165, 1.54) is 0 Å². The minimum Gasteiger partial charge on any atom is -0.497 e. The molecule has 2 aromatic carbocycles. The van der Waals surface area contributed by atoms with Gasteiger partial charge in [0.2, 0.25) is 0 Å². The second-order valence-electron chi connectivity index (χ2n) is 7.66. The van der Waals surface area contributed by atoms with Crippen molar-refractivity contribution in [2.45, 2.75) is 66.0 Å². The Kier molecular flexibility index (Phi) is 10.9. The van der Waals surface area contributed by atoms with E-state index in [9.17, 15) is 5.11 Å². The first-order chi connectivity index (χ1) is 13.8. The van der Waals surface area contributed by atoms with E-state index in [0.29, 0.717) is 11.8 Å². The van der Waals surface area contributed by atoms with E-state index in [1.807, 2.05) is 39.0 Å². The van der Waals surface area contributed by atoms with Gasteiger partial charge in [0, 0.05) is 24.2 Å². The van der Waals surface area contributed by atoms with Crippen LogP contribution in [0.25, 0.3) is 10.8 Å². The summed E-state index contributed by atoms with van der Waals surface area (Å²) in [6, 6.07) is 12.7. The Morgan fingerprint density at radius 2 is 1.69 bits per heavy atom. The molecule has 0 aromatic heterocycles. The quantitative estimate of drug-likeness (QED) is 0.499. The number of rotatable bonds is 10. The maximum atomic E-state index is 9.51. The van der Waals surface area contributed by atoms with Crippen molar-refractivity contribution >= 4 is 16.5 Å². The molecule has 0 heterocycles. The average Bonchev–Trinajstić information content (AvgIpc) is 2.75. The zero-order valence-corrected chi connectivity index (χ0v) is 19.3. The molecule has 4 nitrogen and oxygen atoms in total. The molecule has 29 heavy (non-hydrogen) atoms. The predicted octanol–water partition coefficient (Wildman–Crippen LogP) is 5.75. The van der Waals surface area contributed by atoms with Crippen LogP contribution in [0, 0.1) is 11.3 Å². The van der Waals surface area contributed by atoms with E-state index in [2.05, 4.69) is 44.0 Å². The summed E-state index contributed by atoms with van der Waals surface area (Å²) in [5.74, 6) is 1.05. The smallest absolute Gasteiger partial charge is 0.119 e. The molecule has 0 aliphatic carbocycles. The Labute approximate surface area is 177 Å². The second kappa shape index (κ2) is 12.6. The standard InChI is InChI=1S/C23H34N2O2.C2H6/c1-6-18(15-25(4)16(2)7-8-17(3)26)23(24)21-10-9-20-14-22(27-5)12-11-19(20)13-21;1-2/h9-14,16-18,24,26H,6-8,15H2,1-5H3;1-2H3. The van der Waals surface area contributed by atoms with Gasteiger partial charge in [-0.1, -0.05) is 39.0 Å². The lowest BCUT2D eigenvalue weighted by atomic mass is 9.92. The Bertz CT molecular complexity index is 758. The fourth-order valence-corrected chi connectivity index (χ4v) is 3.41. The third-order valence-corrected chi connectivity index (χ3v) is 5.52. The zero-order chi connectivity index (χ0) is 22.0. The summed E-state index contributed by atoms with van der Waals surface area (Å²) in [5, 5.41) is 20.5. The van der Waals surface area contributed by atoms with Crippen LogP contribution < -0.4 is 4.74 Å². The molecule has 3 atom stereocenters. The third kappa shape index (κ3) is 7.45.